The molecule has 3 aliphatic rings. The van der Waals surface area contributed by atoms with Crippen molar-refractivity contribution in [3.8, 4) is 11.9 Å². The highest BCUT2D eigenvalue weighted by Gasteiger charge is 2.46. The van der Waals surface area contributed by atoms with Crippen molar-refractivity contribution >= 4 is 28.4 Å². The largest absolute Gasteiger partial charge is 0.371 e. The highest BCUT2D eigenvalue weighted by atomic mass is 16.1. The second kappa shape index (κ2) is 9.31. The molecule has 0 bridgehead atoms. The summed E-state index contributed by atoms with van der Waals surface area (Å²) in [5, 5.41) is 13.4. The fourth-order valence-corrected chi connectivity index (χ4v) is 6.29. The zero-order valence-electron chi connectivity index (χ0n) is 22.5. The van der Waals surface area contributed by atoms with Crippen LogP contribution in [0.1, 0.15) is 18.5 Å². The van der Waals surface area contributed by atoms with Gasteiger partial charge in [0, 0.05) is 43.8 Å². The number of anilines is 3. The number of hydrogen-bond acceptors (Lipinski definition) is 8. The molecular weight excluding hydrogens is 502 g/mol. The van der Waals surface area contributed by atoms with Gasteiger partial charge in [0.15, 0.2) is 11.5 Å². The first-order valence-electron chi connectivity index (χ1n) is 13.8. The molecule has 4 aromatic rings. The third kappa shape index (κ3) is 4.05. The Morgan fingerprint density at radius 3 is 2.52 bits per heavy atom. The van der Waals surface area contributed by atoms with Crippen LogP contribution >= 0.6 is 0 Å². The van der Waals surface area contributed by atoms with Gasteiger partial charge in [-0.05, 0) is 68.1 Å². The van der Waals surface area contributed by atoms with Crippen molar-refractivity contribution in [1.29, 1.82) is 5.26 Å². The molecule has 10 nitrogen and oxygen atoms in total. The van der Waals surface area contributed by atoms with Crippen molar-refractivity contribution in [3.63, 3.8) is 0 Å². The van der Waals surface area contributed by atoms with Crippen molar-refractivity contribution < 1.29 is 0 Å². The van der Waals surface area contributed by atoms with Gasteiger partial charge in [0.2, 0.25) is 5.95 Å². The molecule has 5 heterocycles. The van der Waals surface area contributed by atoms with Gasteiger partial charge in [-0.1, -0.05) is 12.1 Å². The lowest BCUT2D eigenvalue weighted by molar-refractivity contribution is 0.387. The number of nitrogens with one attached hydrogen (secondary N) is 1. The third-order valence-corrected chi connectivity index (χ3v) is 8.54. The summed E-state index contributed by atoms with van der Waals surface area (Å²) in [6.07, 6.45) is 4.80. The SMILES string of the molecule is C=CCn1c(=O)c2cnc(Nc3ccc(N4CC5CN(C)CC5C4)cc3)nc2n1-c1cccc(C2(C#N)CC2)n1. The lowest BCUT2D eigenvalue weighted by Gasteiger charge is -2.21. The number of rotatable bonds is 7. The molecule has 3 fully saturated rings. The van der Waals surface area contributed by atoms with E-state index in [1.54, 1.807) is 21.6 Å². The fourth-order valence-electron chi connectivity index (χ4n) is 6.29. The minimum absolute atomic E-state index is 0.221. The van der Waals surface area contributed by atoms with E-state index in [4.69, 9.17) is 9.97 Å². The summed E-state index contributed by atoms with van der Waals surface area (Å²) in [7, 11) is 2.21. The number of fused-ring (bicyclic) bond motifs is 2. The minimum atomic E-state index is -0.541. The highest BCUT2D eigenvalue weighted by Crippen LogP contribution is 2.46. The fraction of sp³-hybridized carbons (Fsp3) is 0.367. The maximum Gasteiger partial charge on any atom is 0.278 e. The van der Waals surface area contributed by atoms with E-state index in [2.05, 4.69) is 51.9 Å². The number of likely N-dealkylation sites (tertiary alicyclic amines) is 1. The molecular formula is C30H31N9O. The number of aromatic nitrogens is 5. The normalized spacial score (nSPS) is 21.4. The summed E-state index contributed by atoms with van der Waals surface area (Å²) in [5.74, 6) is 2.41. The summed E-state index contributed by atoms with van der Waals surface area (Å²) < 4.78 is 3.25. The van der Waals surface area contributed by atoms with Crippen LogP contribution in [0.2, 0.25) is 0 Å². The Labute approximate surface area is 232 Å². The van der Waals surface area contributed by atoms with Crippen molar-refractivity contribution in [2.45, 2.75) is 24.8 Å². The van der Waals surface area contributed by atoms with Crippen LogP contribution in [0.5, 0.6) is 0 Å². The molecule has 2 saturated heterocycles. The van der Waals surface area contributed by atoms with E-state index in [1.807, 2.05) is 30.3 Å². The van der Waals surface area contributed by atoms with Crippen LogP contribution < -0.4 is 15.8 Å². The molecule has 2 atom stereocenters. The second-order valence-corrected chi connectivity index (χ2v) is 11.3. The highest BCUT2D eigenvalue weighted by molar-refractivity contribution is 5.77. The van der Waals surface area contributed by atoms with Crippen LogP contribution in [0.4, 0.5) is 17.3 Å². The second-order valence-electron chi connectivity index (χ2n) is 11.3. The van der Waals surface area contributed by atoms with Crippen molar-refractivity contribution in [2.75, 3.05) is 43.4 Å². The van der Waals surface area contributed by atoms with Gasteiger partial charge < -0.3 is 15.1 Å². The van der Waals surface area contributed by atoms with E-state index < -0.39 is 5.41 Å². The van der Waals surface area contributed by atoms with Gasteiger partial charge in [-0.15, -0.1) is 6.58 Å². The first-order chi connectivity index (χ1) is 19.5. The molecule has 3 aromatic heterocycles. The van der Waals surface area contributed by atoms with Gasteiger partial charge in [0.25, 0.3) is 5.56 Å². The van der Waals surface area contributed by atoms with E-state index in [1.165, 1.54) is 18.8 Å². The molecule has 7 rings (SSSR count). The monoisotopic (exact) mass is 533 g/mol. The van der Waals surface area contributed by atoms with Crippen LogP contribution in [0.15, 0.2) is 66.1 Å². The minimum Gasteiger partial charge on any atom is -0.371 e. The van der Waals surface area contributed by atoms with Gasteiger partial charge >= 0.3 is 0 Å². The first kappa shape index (κ1) is 24.5. The first-order valence-corrected chi connectivity index (χ1v) is 13.8. The average molecular weight is 534 g/mol. The number of allylic oxidation sites excluding steroid dienone is 1. The smallest absolute Gasteiger partial charge is 0.278 e. The quantitative estimate of drug-likeness (QED) is 0.360. The van der Waals surface area contributed by atoms with Crippen molar-refractivity contribution in [1.82, 2.24) is 29.2 Å². The molecule has 0 spiro atoms. The lowest BCUT2D eigenvalue weighted by Crippen LogP contribution is -2.26. The molecule has 202 valence electrons. The van der Waals surface area contributed by atoms with E-state index in [9.17, 15) is 10.1 Å². The van der Waals surface area contributed by atoms with Gasteiger partial charge in [0.1, 0.15) is 5.39 Å². The predicted molar refractivity (Wildman–Crippen MR) is 154 cm³/mol. The maximum absolute atomic E-state index is 13.3. The molecule has 1 aromatic carbocycles. The Kier molecular flexibility index (Phi) is 5.71. The Balaban J connectivity index is 1.19. The summed E-state index contributed by atoms with van der Waals surface area (Å²) in [5.41, 5.74) is 2.49. The molecule has 10 heteroatoms. The number of pyridine rings is 1. The molecule has 2 unspecified atom stereocenters. The maximum atomic E-state index is 13.3. The molecule has 1 aliphatic carbocycles. The van der Waals surface area contributed by atoms with E-state index in [0.717, 1.165) is 43.5 Å². The zero-order chi connectivity index (χ0) is 27.4. The molecule has 1 saturated carbocycles. The van der Waals surface area contributed by atoms with Crippen LogP contribution in [0, 0.1) is 23.2 Å². The number of nitriles is 1. The molecule has 0 radical (unpaired) electrons. The van der Waals surface area contributed by atoms with E-state index in [-0.39, 0.29) is 12.1 Å². The predicted octanol–water partition coefficient (Wildman–Crippen LogP) is 3.46. The van der Waals surface area contributed by atoms with E-state index >= 15 is 0 Å². The summed E-state index contributed by atoms with van der Waals surface area (Å²) in [4.78, 5) is 32.2. The topological polar surface area (TPSA) is 108 Å². The standard InChI is InChI=1S/C30H31N9O/c1-3-13-38-28(40)24-14-32-29(35-27(24)39(38)26-6-4-5-25(34-26)30(19-31)11-12-30)33-22-7-9-23(10-8-22)37-17-20-15-36(2)16-21(20)18-37/h3-10,14,20-21H,1,11-13,15-18H2,2H3,(H,32,33,35). The third-order valence-electron chi connectivity index (χ3n) is 8.54. The van der Waals surface area contributed by atoms with Crippen LogP contribution in [-0.4, -0.2) is 62.4 Å². The van der Waals surface area contributed by atoms with Crippen molar-refractivity contribution in [2.24, 2.45) is 11.8 Å². The lowest BCUT2D eigenvalue weighted by atomic mass is 10.0. The molecule has 0 amide bonds. The average Bonchev–Trinajstić information content (AvgIpc) is 3.46. The zero-order valence-corrected chi connectivity index (χ0v) is 22.5. The summed E-state index contributed by atoms with van der Waals surface area (Å²) >= 11 is 0. The van der Waals surface area contributed by atoms with Crippen LogP contribution in [0.3, 0.4) is 0 Å². The van der Waals surface area contributed by atoms with Gasteiger partial charge in [-0.3, -0.25) is 4.79 Å². The Bertz CT molecular complexity index is 1700. The summed E-state index contributed by atoms with van der Waals surface area (Å²) in [6.45, 7) is 8.67. The molecule has 2 aliphatic heterocycles. The summed E-state index contributed by atoms with van der Waals surface area (Å²) in [6, 6.07) is 16.3. The molecule has 40 heavy (non-hydrogen) atoms. The van der Waals surface area contributed by atoms with Gasteiger partial charge in [0.05, 0.1) is 23.7 Å². The Hall–Kier alpha value is -4.49. The van der Waals surface area contributed by atoms with Gasteiger partial charge in [-0.25, -0.2) is 19.3 Å². The number of hydrogen-bond donors (Lipinski definition) is 1. The van der Waals surface area contributed by atoms with Crippen LogP contribution in [0.25, 0.3) is 16.9 Å². The van der Waals surface area contributed by atoms with Crippen LogP contribution in [-0.2, 0) is 12.0 Å². The van der Waals surface area contributed by atoms with Crippen molar-refractivity contribution in [3.05, 3.63) is 77.4 Å². The number of nitrogens with zero attached hydrogens (tertiary/aromatic N) is 8. The number of benzene rings is 1. The Morgan fingerprint density at radius 1 is 1.10 bits per heavy atom. The van der Waals surface area contributed by atoms with Gasteiger partial charge in [-0.2, -0.15) is 10.2 Å². The van der Waals surface area contributed by atoms with E-state index in [0.29, 0.717) is 28.5 Å². The molecule has 1 N–H and O–H groups in total. The Morgan fingerprint density at radius 2 is 1.85 bits per heavy atom.